The van der Waals surface area contributed by atoms with Crippen LogP contribution < -0.4 is 9.47 Å². The standard InChI is InChI=1S/C20H19NO4S/c1-13-18(20(22)25-12-15-6-4-5-7-17(15)24-3)26-19(21-13)14-8-10-16(23-2)11-9-14/h4-11H,12H2,1-3H3. The van der Waals surface area contributed by atoms with Crippen molar-refractivity contribution in [1.82, 2.24) is 4.98 Å². The second kappa shape index (κ2) is 8.01. The van der Waals surface area contributed by atoms with E-state index in [1.165, 1.54) is 11.3 Å². The second-order valence-electron chi connectivity index (χ2n) is 5.55. The third-order valence-corrected chi connectivity index (χ3v) is 5.06. The maximum atomic E-state index is 12.5. The number of ether oxygens (including phenoxy) is 3. The summed E-state index contributed by atoms with van der Waals surface area (Å²) >= 11 is 1.32. The minimum atomic E-state index is -0.384. The molecule has 0 atom stereocenters. The zero-order chi connectivity index (χ0) is 18.5. The molecule has 0 amide bonds. The molecule has 0 unspecified atom stereocenters. The minimum absolute atomic E-state index is 0.151. The Balaban J connectivity index is 1.74. The molecule has 6 heteroatoms. The lowest BCUT2D eigenvalue weighted by Crippen LogP contribution is -2.05. The summed E-state index contributed by atoms with van der Waals surface area (Å²) in [4.78, 5) is 17.5. The molecule has 26 heavy (non-hydrogen) atoms. The smallest absolute Gasteiger partial charge is 0.350 e. The van der Waals surface area contributed by atoms with Crippen LogP contribution in [0.25, 0.3) is 10.6 Å². The van der Waals surface area contributed by atoms with Crippen LogP contribution in [0.1, 0.15) is 20.9 Å². The van der Waals surface area contributed by atoms with Gasteiger partial charge in [0.05, 0.1) is 19.9 Å². The van der Waals surface area contributed by atoms with Crippen LogP contribution in [0.15, 0.2) is 48.5 Å². The van der Waals surface area contributed by atoms with E-state index in [0.717, 1.165) is 21.9 Å². The van der Waals surface area contributed by atoms with Crippen molar-refractivity contribution in [3.05, 3.63) is 64.7 Å². The summed E-state index contributed by atoms with van der Waals surface area (Å²) in [5.41, 5.74) is 2.41. The Morgan fingerprint density at radius 3 is 2.46 bits per heavy atom. The number of methoxy groups -OCH3 is 2. The van der Waals surface area contributed by atoms with Crippen molar-refractivity contribution in [2.45, 2.75) is 13.5 Å². The minimum Gasteiger partial charge on any atom is -0.497 e. The van der Waals surface area contributed by atoms with E-state index in [-0.39, 0.29) is 12.6 Å². The highest BCUT2D eigenvalue weighted by Gasteiger charge is 2.18. The quantitative estimate of drug-likeness (QED) is 0.599. The number of nitrogens with zero attached hydrogens (tertiary/aromatic N) is 1. The van der Waals surface area contributed by atoms with Gasteiger partial charge in [-0.1, -0.05) is 18.2 Å². The lowest BCUT2D eigenvalue weighted by Gasteiger charge is -2.08. The summed E-state index contributed by atoms with van der Waals surface area (Å²) in [5, 5.41) is 0.773. The number of esters is 1. The molecule has 5 nitrogen and oxygen atoms in total. The molecule has 0 aliphatic heterocycles. The molecular formula is C20H19NO4S. The molecule has 0 aliphatic carbocycles. The van der Waals surface area contributed by atoms with Crippen molar-refractivity contribution < 1.29 is 19.0 Å². The van der Waals surface area contributed by atoms with Crippen LogP contribution in [-0.4, -0.2) is 25.2 Å². The SMILES string of the molecule is COc1ccc(-c2nc(C)c(C(=O)OCc3ccccc3OC)s2)cc1. The Kier molecular flexibility index (Phi) is 5.53. The van der Waals surface area contributed by atoms with Crippen molar-refractivity contribution >= 4 is 17.3 Å². The number of thiazole rings is 1. The molecule has 1 heterocycles. The second-order valence-corrected chi connectivity index (χ2v) is 6.55. The number of hydrogen-bond acceptors (Lipinski definition) is 6. The fourth-order valence-corrected chi connectivity index (χ4v) is 3.44. The predicted octanol–water partition coefficient (Wildman–Crippen LogP) is 4.49. The van der Waals surface area contributed by atoms with Gasteiger partial charge in [-0.25, -0.2) is 9.78 Å². The van der Waals surface area contributed by atoms with Gasteiger partial charge in [0, 0.05) is 11.1 Å². The summed E-state index contributed by atoms with van der Waals surface area (Å²) in [6.07, 6.45) is 0. The predicted molar refractivity (Wildman–Crippen MR) is 101 cm³/mol. The average molecular weight is 369 g/mol. The maximum Gasteiger partial charge on any atom is 0.350 e. The van der Waals surface area contributed by atoms with E-state index in [0.29, 0.717) is 16.3 Å². The Morgan fingerprint density at radius 1 is 1.04 bits per heavy atom. The molecule has 134 valence electrons. The number of aryl methyl sites for hydroxylation is 1. The molecule has 0 saturated carbocycles. The Morgan fingerprint density at radius 2 is 1.77 bits per heavy atom. The molecule has 0 bridgehead atoms. The van der Waals surface area contributed by atoms with E-state index in [2.05, 4.69) is 4.98 Å². The Bertz CT molecular complexity index is 902. The van der Waals surface area contributed by atoms with Crippen molar-refractivity contribution in [2.24, 2.45) is 0 Å². The number of carbonyl (C=O) groups is 1. The normalized spacial score (nSPS) is 10.4. The molecular weight excluding hydrogens is 350 g/mol. The summed E-state index contributed by atoms with van der Waals surface area (Å²) < 4.78 is 15.9. The molecule has 3 aromatic rings. The first-order valence-corrected chi connectivity index (χ1v) is 8.85. The van der Waals surface area contributed by atoms with Gasteiger partial charge in [-0.05, 0) is 37.3 Å². The van der Waals surface area contributed by atoms with Crippen LogP contribution in [0.3, 0.4) is 0 Å². The van der Waals surface area contributed by atoms with Crippen LogP contribution in [0.4, 0.5) is 0 Å². The Labute approximate surface area is 156 Å². The van der Waals surface area contributed by atoms with Crippen LogP contribution in [0.2, 0.25) is 0 Å². The number of aromatic nitrogens is 1. The number of para-hydroxylation sites is 1. The van der Waals surface area contributed by atoms with E-state index in [1.807, 2.05) is 55.5 Å². The molecule has 3 rings (SSSR count). The van der Waals surface area contributed by atoms with Crippen molar-refractivity contribution in [2.75, 3.05) is 14.2 Å². The van der Waals surface area contributed by atoms with Crippen molar-refractivity contribution in [3.8, 4) is 22.1 Å². The van der Waals surface area contributed by atoms with Gasteiger partial charge in [-0.2, -0.15) is 0 Å². The van der Waals surface area contributed by atoms with E-state index in [1.54, 1.807) is 14.2 Å². The molecule has 1 aromatic heterocycles. The molecule has 0 saturated heterocycles. The van der Waals surface area contributed by atoms with Gasteiger partial charge in [0.2, 0.25) is 0 Å². The fraction of sp³-hybridized carbons (Fsp3) is 0.200. The first-order valence-electron chi connectivity index (χ1n) is 8.03. The van der Waals surface area contributed by atoms with Gasteiger partial charge in [0.1, 0.15) is 28.0 Å². The molecule has 0 radical (unpaired) electrons. The highest BCUT2D eigenvalue weighted by Crippen LogP contribution is 2.30. The first-order chi connectivity index (χ1) is 12.6. The van der Waals surface area contributed by atoms with Gasteiger partial charge < -0.3 is 14.2 Å². The summed E-state index contributed by atoms with van der Waals surface area (Å²) in [6.45, 7) is 1.96. The average Bonchev–Trinajstić information content (AvgIpc) is 3.08. The van der Waals surface area contributed by atoms with Crippen LogP contribution in [-0.2, 0) is 11.3 Å². The number of carbonyl (C=O) groups excluding carboxylic acids is 1. The van der Waals surface area contributed by atoms with E-state index < -0.39 is 0 Å². The zero-order valence-corrected chi connectivity index (χ0v) is 15.6. The van der Waals surface area contributed by atoms with E-state index >= 15 is 0 Å². The van der Waals surface area contributed by atoms with Crippen LogP contribution in [0, 0.1) is 6.92 Å². The number of benzene rings is 2. The highest BCUT2D eigenvalue weighted by molar-refractivity contribution is 7.17. The summed E-state index contributed by atoms with van der Waals surface area (Å²) in [7, 11) is 3.22. The molecule has 0 spiro atoms. The molecule has 0 fully saturated rings. The lowest BCUT2D eigenvalue weighted by molar-refractivity contribution is 0.0475. The summed E-state index contributed by atoms with van der Waals surface area (Å²) in [6, 6.07) is 15.0. The van der Waals surface area contributed by atoms with Gasteiger partial charge >= 0.3 is 5.97 Å². The van der Waals surface area contributed by atoms with Crippen LogP contribution in [0.5, 0.6) is 11.5 Å². The van der Waals surface area contributed by atoms with Crippen molar-refractivity contribution in [3.63, 3.8) is 0 Å². The third-order valence-electron chi connectivity index (χ3n) is 3.87. The van der Waals surface area contributed by atoms with Crippen molar-refractivity contribution in [1.29, 1.82) is 0 Å². The van der Waals surface area contributed by atoms with Gasteiger partial charge in [-0.3, -0.25) is 0 Å². The van der Waals surface area contributed by atoms with Gasteiger partial charge in [0.15, 0.2) is 0 Å². The van der Waals surface area contributed by atoms with Gasteiger partial charge in [0.25, 0.3) is 0 Å². The number of hydrogen-bond donors (Lipinski definition) is 0. The summed E-state index contributed by atoms with van der Waals surface area (Å²) in [5.74, 6) is 1.09. The monoisotopic (exact) mass is 369 g/mol. The van der Waals surface area contributed by atoms with E-state index in [4.69, 9.17) is 14.2 Å². The van der Waals surface area contributed by atoms with Crippen LogP contribution >= 0.6 is 11.3 Å². The third kappa shape index (κ3) is 3.86. The molecule has 0 N–H and O–H groups in total. The van der Waals surface area contributed by atoms with Gasteiger partial charge in [-0.15, -0.1) is 11.3 Å². The first kappa shape index (κ1) is 17.9. The largest absolute Gasteiger partial charge is 0.497 e. The lowest BCUT2D eigenvalue weighted by atomic mass is 10.2. The molecule has 0 aliphatic rings. The fourth-order valence-electron chi connectivity index (χ4n) is 2.47. The maximum absolute atomic E-state index is 12.5. The number of rotatable bonds is 6. The van der Waals surface area contributed by atoms with E-state index in [9.17, 15) is 4.79 Å². The zero-order valence-electron chi connectivity index (χ0n) is 14.8. The topological polar surface area (TPSA) is 57.7 Å². The molecule has 2 aromatic carbocycles. The Hall–Kier alpha value is -2.86. The highest BCUT2D eigenvalue weighted by atomic mass is 32.1.